The van der Waals surface area contributed by atoms with Gasteiger partial charge in [0.1, 0.15) is 6.33 Å². The van der Waals surface area contributed by atoms with Crippen molar-refractivity contribution in [3.8, 4) is 5.69 Å². The van der Waals surface area contributed by atoms with E-state index in [-0.39, 0.29) is 0 Å². The molecule has 1 heterocycles. The Hall–Kier alpha value is -3.40. The van der Waals surface area contributed by atoms with E-state index in [9.17, 15) is 0 Å². The number of hydrogen-bond acceptors (Lipinski definition) is 3. The Balaban J connectivity index is 1.60. The second-order valence-electron chi connectivity index (χ2n) is 6.37. The molecule has 0 amide bonds. The van der Waals surface area contributed by atoms with E-state index in [1.807, 2.05) is 57.0 Å². The topological polar surface area (TPSA) is 33.4 Å². The molecule has 4 heteroatoms. The van der Waals surface area contributed by atoms with Gasteiger partial charge in [0.05, 0.1) is 16.7 Å². The summed E-state index contributed by atoms with van der Waals surface area (Å²) in [4.78, 5) is 11.2. The number of aromatic nitrogens is 2. The Kier molecular flexibility index (Phi) is 4.23. The van der Waals surface area contributed by atoms with E-state index in [0.29, 0.717) is 0 Å². The zero-order valence-corrected chi connectivity index (χ0v) is 14.9. The Morgan fingerprint density at radius 2 is 1.69 bits per heavy atom. The normalized spacial score (nSPS) is 11.3. The molecule has 4 rings (SSSR count). The molecule has 0 atom stereocenters. The van der Waals surface area contributed by atoms with Gasteiger partial charge in [0.25, 0.3) is 0 Å². The highest BCUT2D eigenvalue weighted by Crippen LogP contribution is 2.23. The van der Waals surface area contributed by atoms with Gasteiger partial charge in [0.2, 0.25) is 0 Å². The Bertz CT molecular complexity index is 1040. The highest BCUT2D eigenvalue weighted by Gasteiger charge is 2.04. The number of para-hydroxylation sites is 1. The van der Waals surface area contributed by atoms with Gasteiger partial charge in [-0.2, -0.15) is 0 Å². The number of imidazole rings is 1. The molecule has 0 saturated heterocycles. The highest BCUT2D eigenvalue weighted by molar-refractivity contribution is 5.85. The predicted octanol–water partition coefficient (Wildman–Crippen LogP) is 4.84. The summed E-state index contributed by atoms with van der Waals surface area (Å²) in [5.74, 6) is 0. The monoisotopic (exact) mass is 340 g/mol. The van der Waals surface area contributed by atoms with Crippen LogP contribution in [-0.4, -0.2) is 29.9 Å². The maximum absolute atomic E-state index is 4.60. The fourth-order valence-electron chi connectivity index (χ4n) is 2.88. The molecule has 0 aliphatic rings. The minimum Gasteiger partial charge on any atom is -0.378 e. The molecule has 0 aliphatic carbocycles. The molecular weight excluding hydrogens is 320 g/mol. The van der Waals surface area contributed by atoms with Crippen LogP contribution in [0.3, 0.4) is 0 Å². The van der Waals surface area contributed by atoms with Crippen LogP contribution in [0.2, 0.25) is 0 Å². The standard InChI is InChI=1S/C22H20N4/c1-25(2)19-11-8-17(9-12-19)15-23-18-10-13-22-21(14-18)24-16-26(22)20-6-4-3-5-7-20/h3-16H,1-2H3. The van der Waals surface area contributed by atoms with E-state index in [0.717, 1.165) is 28.0 Å². The lowest BCUT2D eigenvalue weighted by atomic mass is 10.2. The van der Waals surface area contributed by atoms with E-state index >= 15 is 0 Å². The molecule has 0 spiro atoms. The van der Waals surface area contributed by atoms with Gasteiger partial charge in [-0.05, 0) is 48.0 Å². The van der Waals surface area contributed by atoms with Crippen molar-refractivity contribution < 1.29 is 0 Å². The van der Waals surface area contributed by atoms with Crippen LogP contribution in [0.4, 0.5) is 11.4 Å². The number of benzene rings is 3. The molecule has 0 saturated carbocycles. The fraction of sp³-hybridized carbons (Fsp3) is 0.0909. The van der Waals surface area contributed by atoms with E-state index in [1.165, 1.54) is 5.69 Å². The first-order valence-electron chi connectivity index (χ1n) is 8.55. The van der Waals surface area contributed by atoms with Crippen LogP contribution < -0.4 is 4.90 Å². The first kappa shape index (κ1) is 16.1. The van der Waals surface area contributed by atoms with Gasteiger partial charge in [-0.25, -0.2) is 4.98 Å². The summed E-state index contributed by atoms with van der Waals surface area (Å²) in [5.41, 5.74) is 6.26. The van der Waals surface area contributed by atoms with Gasteiger partial charge in [0.15, 0.2) is 0 Å². The molecule has 0 radical (unpaired) electrons. The van der Waals surface area contributed by atoms with Crippen molar-refractivity contribution in [2.24, 2.45) is 4.99 Å². The highest BCUT2D eigenvalue weighted by atomic mass is 15.1. The van der Waals surface area contributed by atoms with Gasteiger partial charge in [-0.3, -0.25) is 9.56 Å². The van der Waals surface area contributed by atoms with Crippen molar-refractivity contribution in [2.75, 3.05) is 19.0 Å². The van der Waals surface area contributed by atoms with E-state index < -0.39 is 0 Å². The summed E-state index contributed by atoms with van der Waals surface area (Å²) >= 11 is 0. The number of hydrogen-bond donors (Lipinski definition) is 0. The van der Waals surface area contributed by atoms with Crippen molar-refractivity contribution in [1.29, 1.82) is 0 Å². The minimum atomic E-state index is 0.896. The van der Waals surface area contributed by atoms with Gasteiger partial charge >= 0.3 is 0 Å². The Morgan fingerprint density at radius 1 is 0.923 bits per heavy atom. The fourth-order valence-corrected chi connectivity index (χ4v) is 2.88. The summed E-state index contributed by atoms with van der Waals surface area (Å²) in [6.45, 7) is 0. The Labute approximate surface area is 153 Å². The van der Waals surface area contributed by atoms with Crippen LogP contribution in [0.1, 0.15) is 5.56 Å². The summed E-state index contributed by atoms with van der Waals surface area (Å²) in [7, 11) is 4.07. The third-order valence-electron chi connectivity index (χ3n) is 4.34. The molecule has 1 aromatic heterocycles. The molecule has 0 unspecified atom stereocenters. The second kappa shape index (κ2) is 6.84. The summed E-state index contributed by atoms with van der Waals surface area (Å²) < 4.78 is 2.09. The van der Waals surface area contributed by atoms with Crippen molar-refractivity contribution in [3.63, 3.8) is 0 Å². The van der Waals surface area contributed by atoms with Crippen LogP contribution in [0, 0.1) is 0 Å². The summed E-state index contributed by atoms with van der Waals surface area (Å²) in [6.07, 6.45) is 3.74. The van der Waals surface area contributed by atoms with Crippen LogP contribution >= 0.6 is 0 Å². The van der Waals surface area contributed by atoms with Gasteiger partial charge in [-0.15, -0.1) is 0 Å². The number of nitrogens with zero attached hydrogens (tertiary/aromatic N) is 4. The molecular formula is C22H20N4. The smallest absolute Gasteiger partial charge is 0.100 e. The number of rotatable bonds is 4. The predicted molar refractivity (Wildman–Crippen MR) is 109 cm³/mol. The average molecular weight is 340 g/mol. The SMILES string of the molecule is CN(C)c1ccc(C=Nc2ccc3c(c2)ncn3-c2ccccc2)cc1. The lowest BCUT2D eigenvalue weighted by Gasteiger charge is -2.11. The zero-order valence-electron chi connectivity index (χ0n) is 14.9. The first-order valence-corrected chi connectivity index (χ1v) is 8.55. The van der Waals surface area contributed by atoms with Crippen LogP contribution in [0.5, 0.6) is 0 Å². The zero-order chi connectivity index (χ0) is 17.9. The average Bonchev–Trinajstić information content (AvgIpc) is 3.10. The summed E-state index contributed by atoms with van der Waals surface area (Å²) in [5, 5.41) is 0. The van der Waals surface area contributed by atoms with Crippen molar-refractivity contribution in [2.45, 2.75) is 0 Å². The van der Waals surface area contributed by atoms with E-state index in [4.69, 9.17) is 0 Å². The molecule has 0 aliphatic heterocycles. The van der Waals surface area contributed by atoms with Crippen LogP contribution in [-0.2, 0) is 0 Å². The van der Waals surface area contributed by atoms with Gasteiger partial charge in [-0.1, -0.05) is 30.3 Å². The lowest BCUT2D eigenvalue weighted by Crippen LogP contribution is -2.08. The number of aliphatic imine (C=N–C) groups is 1. The van der Waals surface area contributed by atoms with Gasteiger partial charge < -0.3 is 4.90 Å². The Morgan fingerprint density at radius 3 is 2.42 bits per heavy atom. The quantitative estimate of drug-likeness (QED) is 0.498. The third kappa shape index (κ3) is 3.22. The molecule has 0 N–H and O–H groups in total. The van der Waals surface area contributed by atoms with Crippen LogP contribution in [0.15, 0.2) is 84.1 Å². The molecule has 3 aromatic carbocycles. The van der Waals surface area contributed by atoms with Crippen molar-refractivity contribution in [3.05, 3.63) is 84.7 Å². The van der Waals surface area contributed by atoms with Crippen molar-refractivity contribution >= 4 is 28.6 Å². The maximum Gasteiger partial charge on any atom is 0.100 e. The minimum absolute atomic E-state index is 0.896. The number of anilines is 1. The summed E-state index contributed by atoms with van der Waals surface area (Å²) in [6, 6.07) is 24.6. The largest absolute Gasteiger partial charge is 0.378 e. The lowest BCUT2D eigenvalue weighted by molar-refractivity contribution is 1.09. The molecule has 4 aromatic rings. The maximum atomic E-state index is 4.60. The molecule has 0 bridgehead atoms. The first-order chi connectivity index (χ1) is 12.7. The van der Waals surface area contributed by atoms with E-state index in [2.05, 4.69) is 61.9 Å². The third-order valence-corrected chi connectivity index (χ3v) is 4.34. The molecule has 0 fully saturated rings. The van der Waals surface area contributed by atoms with Gasteiger partial charge in [0, 0.05) is 31.7 Å². The molecule has 26 heavy (non-hydrogen) atoms. The van der Waals surface area contributed by atoms with Crippen molar-refractivity contribution in [1.82, 2.24) is 9.55 Å². The molecule has 128 valence electrons. The number of fused-ring (bicyclic) bond motifs is 1. The molecule has 4 nitrogen and oxygen atoms in total. The van der Waals surface area contributed by atoms with Crippen LogP contribution in [0.25, 0.3) is 16.7 Å². The second-order valence-corrected chi connectivity index (χ2v) is 6.37. The van der Waals surface area contributed by atoms with E-state index in [1.54, 1.807) is 0 Å².